The van der Waals surface area contributed by atoms with Crippen LogP contribution in [-0.2, 0) is 12.8 Å². The van der Waals surface area contributed by atoms with Gasteiger partial charge in [0.05, 0.1) is 29.2 Å². The van der Waals surface area contributed by atoms with Crippen molar-refractivity contribution in [3.8, 4) is 5.69 Å². The Morgan fingerprint density at radius 3 is 2.72 bits per heavy atom. The Morgan fingerprint density at radius 2 is 1.88 bits per heavy atom. The SMILES string of the molecule is O=C1c2cnn(-c3ccc(Cl)cc3)c2C[C@H]2c3ccccc3CCN12. The second kappa shape index (κ2) is 5.46. The Balaban J connectivity index is 1.62. The standard InChI is InChI=1S/C20H16ClN3O/c21-14-5-7-15(8-6-14)24-19-11-18-16-4-2-1-3-13(16)9-10-23(18)20(25)17(19)12-22-24/h1-8,12,18H,9-11H2/t18-/m0/s1. The van der Waals surface area contributed by atoms with Gasteiger partial charge in [-0.3, -0.25) is 4.79 Å². The first-order chi connectivity index (χ1) is 12.2. The molecule has 1 amide bonds. The topological polar surface area (TPSA) is 38.1 Å². The predicted molar refractivity (Wildman–Crippen MR) is 96.2 cm³/mol. The summed E-state index contributed by atoms with van der Waals surface area (Å²) in [5.74, 6) is 0.0842. The first-order valence-corrected chi connectivity index (χ1v) is 8.82. The van der Waals surface area contributed by atoms with E-state index >= 15 is 0 Å². The van der Waals surface area contributed by atoms with E-state index in [0.717, 1.165) is 30.8 Å². The van der Waals surface area contributed by atoms with Gasteiger partial charge in [0.15, 0.2) is 0 Å². The zero-order valence-electron chi connectivity index (χ0n) is 13.5. The Morgan fingerprint density at radius 1 is 1.08 bits per heavy atom. The van der Waals surface area contributed by atoms with Crippen LogP contribution in [0.15, 0.2) is 54.7 Å². The summed E-state index contributed by atoms with van der Waals surface area (Å²) in [6, 6.07) is 16.1. The molecule has 5 heteroatoms. The Hall–Kier alpha value is -2.59. The van der Waals surface area contributed by atoms with Gasteiger partial charge in [-0.25, -0.2) is 4.68 Å². The third kappa shape index (κ3) is 2.21. The third-order valence-electron chi connectivity index (χ3n) is 5.23. The molecule has 2 aromatic carbocycles. The second-order valence-corrected chi connectivity index (χ2v) is 7.00. The number of fused-ring (bicyclic) bond motifs is 4. The highest BCUT2D eigenvalue weighted by molar-refractivity contribution is 6.30. The van der Waals surface area contributed by atoms with Crippen molar-refractivity contribution < 1.29 is 4.79 Å². The first kappa shape index (κ1) is 14.7. The van der Waals surface area contributed by atoms with Crippen LogP contribution in [0.5, 0.6) is 0 Å². The van der Waals surface area contributed by atoms with E-state index in [1.807, 2.05) is 33.8 Å². The van der Waals surface area contributed by atoms with Gasteiger partial charge in [0.2, 0.25) is 0 Å². The largest absolute Gasteiger partial charge is 0.331 e. The van der Waals surface area contributed by atoms with E-state index in [1.165, 1.54) is 11.1 Å². The van der Waals surface area contributed by atoms with Crippen molar-refractivity contribution in [2.75, 3.05) is 6.54 Å². The lowest BCUT2D eigenvalue weighted by Gasteiger charge is -2.40. The fourth-order valence-corrected chi connectivity index (χ4v) is 4.13. The van der Waals surface area contributed by atoms with Gasteiger partial charge >= 0.3 is 0 Å². The minimum absolute atomic E-state index is 0.0842. The molecule has 3 heterocycles. The van der Waals surface area contributed by atoms with Crippen molar-refractivity contribution in [3.63, 3.8) is 0 Å². The first-order valence-electron chi connectivity index (χ1n) is 8.44. The van der Waals surface area contributed by atoms with Gasteiger partial charge in [-0.15, -0.1) is 0 Å². The fourth-order valence-electron chi connectivity index (χ4n) is 4.01. The summed E-state index contributed by atoms with van der Waals surface area (Å²) in [4.78, 5) is 15.0. The van der Waals surface area contributed by atoms with Crippen LogP contribution in [0.3, 0.4) is 0 Å². The molecule has 0 radical (unpaired) electrons. The second-order valence-electron chi connectivity index (χ2n) is 6.56. The van der Waals surface area contributed by atoms with Gasteiger partial charge in [-0.1, -0.05) is 35.9 Å². The number of rotatable bonds is 1. The maximum atomic E-state index is 13.0. The van der Waals surface area contributed by atoms with Gasteiger partial charge in [-0.2, -0.15) is 5.10 Å². The van der Waals surface area contributed by atoms with Crippen molar-refractivity contribution in [1.29, 1.82) is 0 Å². The number of nitrogens with zero attached hydrogens (tertiary/aromatic N) is 3. The number of carbonyl (C=O) groups is 1. The number of halogens is 1. The number of benzene rings is 2. The molecule has 0 saturated carbocycles. The molecule has 124 valence electrons. The number of aromatic nitrogens is 2. The van der Waals surface area contributed by atoms with E-state index in [0.29, 0.717) is 10.6 Å². The summed E-state index contributed by atoms with van der Waals surface area (Å²) in [6.07, 6.45) is 3.39. The molecule has 4 nitrogen and oxygen atoms in total. The number of carbonyl (C=O) groups excluding carboxylic acids is 1. The summed E-state index contributed by atoms with van der Waals surface area (Å²) < 4.78 is 1.87. The highest BCUT2D eigenvalue weighted by Gasteiger charge is 2.38. The molecular formula is C20H16ClN3O. The average Bonchev–Trinajstić information content (AvgIpc) is 3.07. The fraction of sp³-hybridized carbons (Fsp3) is 0.200. The van der Waals surface area contributed by atoms with E-state index in [-0.39, 0.29) is 11.9 Å². The van der Waals surface area contributed by atoms with Gasteiger partial charge < -0.3 is 4.90 Å². The molecule has 0 N–H and O–H groups in total. The molecule has 0 fully saturated rings. The van der Waals surface area contributed by atoms with E-state index in [4.69, 9.17) is 11.6 Å². The van der Waals surface area contributed by atoms with Crippen LogP contribution < -0.4 is 0 Å². The highest BCUT2D eigenvalue weighted by Crippen LogP contribution is 2.38. The molecule has 0 spiro atoms. The molecule has 0 unspecified atom stereocenters. The normalized spacial score (nSPS) is 18.5. The van der Waals surface area contributed by atoms with Crippen molar-refractivity contribution in [1.82, 2.24) is 14.7 Å². The molecule has 1 aromatic heterocycles. The van der Waals surface area contributed by atoms with E-state index in [9.17, 15) is 4.79 Å². The van der Waals surface area contributed by atoms with Crippen molar-refractivity contribution >= 4 is 17.5 Å². The van der Waals surface area contributed by atoms with Crippen LogP contribution in [-0.4, -0.2) is 27.1 Å². The lowest BCUT2D eigenvalue weighted by atomic mass is 9.86. The molecule has 0 bridgehead atoms. The lowest BCUT2D eigenvalue weighted by Crippen LogP contribution is -2.44. The Bertz CT molecular complexity index is 977. The molecule has 3 aromatic rings. The Labute approximate surface area is 150 Å². The van der Waals surface area contributed by atoms with E-state index < -0.39 is 0 Å². The molecule has 2 aliphatic rings. The number of amides is 1. The quantitative estimate of drug-likeness (QED) is 0.669. The summed E-state index contributed by atoms with van der Waals surface area (Å²) in [7, 11) is 0. The van der Waals surface area contributed by atoms with Gasteiger partial charge in [0.1, 0.15) is 0 Å². The zero-order valence-corrected chi connectivity index (χ0v) is 14.3. The van der Waals surface area contributed by atoms with Gasteiger partial charge in [-0.05, 0) is 41.8 Å². The molecule has 2 aliphatic heterocycles. The maximum Gasteiger partial charge on any atom is 0.257 e. The summed E-state index contributed by atoms with van der Waals surface area (Å²) >= 11 is 6.00. The predicted octanol–water partition coefficient (Wildman–Crippen LogP) is 3.82. The van der Waals surface area contributed by atoms with Crippen molar-refractivity contribution in [2.45, 2.75) is 18.9 Å². The number of hydrogen-bond acceptors (Lipinski definition) is 2. The smallest absolute Gasteiger partial charge is 0.257 e. The van der Waals surface area contributed by atoms with E-state index in [2.05, 4.69) is 29.4 Å². The minimum Gasteiger partial charge on any atom is -0.331 e. The van der Waals surface area contributed by atoms with Crippen molar-refractivity contribution in [2.24, 2.45) is 0 Å². The van der Waals surface area contributed by atoms with Crippen molar-refractivity contribution in [3.05, 3.63) is 82.1 Å². The molecule has 25 heavy (non-hydrogen) atoms. The molecule has 0 aliphatic carbocycles. The number of hydrogen-bond donors (Lipinski definition) is 0. The van der Waals surface area contributed by atoms with Gasteiger partial charge in [0, 0.05) is 18.0 Å². The summed E-state index contributed by atoms with van der Waals surface area (Å²) in [6.45, 7) is 0.770. The average molecular weight is 350 g/mol. The monoisotopic (exact) mass is 349 g/mol. The van der Waals surface area contributed by atoms with E-state index in [1.54, 1.807) is 6.20 Å². The molecule has 5 rings (SSSR count). The zero-order chi connectivity index (χ0) is 17.0. The van der Waals surface area contributed by atoms with Gasteiger partial charge in [0.25, 0.3) is 5.91 Å². The maximum absolute atomic E-state index is 13.0. The van der Waals surface area contributed by atoms with Crippen LogP contribution in [0, 0.1) is 0 Å². The minimum atomic E-state index is 0.0842. The summed E-state index contributed by atoms with van der Waals surface area (Å²) in [5, 5.41) is 5.18. The molecule has 1 atom stereocenters. The lowest BCUT2D eigenvalue weighted by molar-refractivity contribution is 0.0629. The highest BCUT2D eigenvalue weighted by atomic mass is 35.5. The van der Waals surface area contributed by atoms with Crippen LogP contribution in [0.4, 0.5) is 0 Å². The van der Waals surface area contributed by atoms with Crippen LogP contribution in [0.1, 0.15) is 33.2 Å². The van der Waals surface area contributed by atoms with Crippen LogP contribution in [0.25, 0.3) is 5.69 Å². The van der Waals surface area contributed by atoms with Crippen LogP contribution >= 0.6 is 11.6 Å². The third-order valence-corrected chi connectivity index (χ3v) is 5.48. The Kier molecular flexibility index (Phi) is 3.22. The van der Waals surface area contributed by atoms with Crippen LogP contribution in [0.2, 0.25) is 5.02 Å². The summed E-state index contributed by atoms with van der Waals surface area (Å²) in [5.41, 5.74) is 5.22. The molecular weight excluding hydrogens is 334 g/mol. The molecule has 0 saturated heterocycles.